The van der Waals surface area contributed by atoms with Crippen molar-refractivity contribution >= 4 is 23.7 Å². The van der Waals surface area contributed by atoms with E-state index in [-0.39, 0.29) is 25.2 Å². The highest BCUT2D eigenvalue weighted by molar-refractivity contribution is 6.30. The van der Waals surface area contributed by atoms with E-state index in [1.807, 2.05) is 34.6 Å². The maximum atomic E-state index is 12.4. The number of hydrogen-bond acceptors (Lipinski definition) is 5. The van der Waals surface area contributed by atoms with Crippen LogP contribution in [-0.2, 0) is 19.0 Å². The summed E-state index contributed by atoms with van der Waals surface area (Å²) in [7, 11) is 1.68. The summed E-state index contributed by atoms with van der Waals surface area (Å²) in [6, 6.07) is -0.249. The van der Waals surface area contributed by atoms with Gasteiger partial charge in [-0.05, 0) is 40.5 Å². The van der Waals surface area contributed by atoms with Crippen molar-refractivity contribution in [3.63, 3.8) is 0 Å². The van der Waals surface area contributed by atoms with E-state index in [0.29, 0.717) is 22.8 Å². The van der Waals surface area contributed by atoms with Gasteiger partial charge in [-0.15, -0.1) is 0 Å². The van der Waals surface area contributed by atoms with Gasteiger partial charge in [-0.3, -0.25) is 0 Å². The SMILES string of the molecule is CCOC(=O)/C(C)=C1\OCC(N(C)C(=O)OC(C)(C)C)C\C1=C(/Cl)C(C)C. The van der Waals surface area contributed by atoms with Crippen LogP contribution in [-0.4, -0.2) is 48.9 Å². The minimum Gasteiger partial charge on any atom is -0.491 e. The van der Waals surface area contributed by atoms with Gasteiger partial charge in [0.2, 0.25) is 0 Å². The second kappa shape index (κ2) is 9.49. The van der Waals surface area contributed by atoms with E-state index in [1.165, 1.54) is 4.90 Å². The van der Waals surface area contributed by atoms with Gasteiger partial charge >= 0.3 is 12.1 Å². The Hall–Kier alpha value is -1.69. The Morgan fingerprint density at radius 3 is 2.41 bits per heavy atom. The van der Waals surface area contributed by atoms with Crippen LogP contribution in [0.4, 0.5) is 4.79 Å². The van der Waals surface area contributed by atoms with E-state index < -0.39 is 17.7 Å². The van der Waals surface area contributed by atoms with Gasteiger partial charge in [-0.2, -0.15) is 0 Å². The van der Waals surface area contributed by atoms with Crippen LogP contribution >= 0.6 is 11.6 Å². The van der Waals surface area contributed by atoms with Crippen molar-refractivity contribution in [2.45, 2.75) is 66.5 Å². The Balaban J connectivity index is 3.16. The highest BCUT2D eigenvalue weighted by Gasteiger charge is 2.34. The zero-order valence-electron chi connectivity index (χ0n) is 17.6. The summed E-state index contributed by atoms with van der Waals surface area (Å²) in [6.07, 6.45) is 0.0458. The van der Waals surface area contributed by atoms with Crippen molar-refractivity contribution in [3.05, 3.63) is 21.9 Å². The maximum absolute atomic E-state index is 12.4. The summed E-state index contributed by atoms with van der Waals surface area (Å²) in [6.45, 7) is 13.3. The molecule has 1 saturated heterocycles. The molecule has 1 atom stereocenters. The number of rotatable bonds is 4. The normalized spacial score (nSPS) is 21.3. The summed E-state index contributed by atoms with van der Waals surface area (Å²) in [4.78, 5) is 26.1. The van der Waals surface area contributed by atoms with Gasteiger partial charge in [0.15, 0.2) is 0 Å². The second-order valence-electron chi connectivity index (χ2n) is 7.92. The fourth-order valence-corrected chi connectivity index (χ4v) is 2.77. The van der Waals surface area contributed by atoms with Crippen LogP contribution in [0.5, 0.6) is 0 Å². The van der Waals surface area contributed by atoms with Gasteiger partial charge in [0.1, 0.15) is 18.0 Å². The molecule has 0 aromatic rings. The van der Waals surface area contributed by atoms with Crippen molar-refractivity contribution in [3.8, 4) is 0 Å². The Labute approximate surface area is 167 Å². The van der Waals surface area contributed by atoms with Crippen LogP contribution in [0.25, 0.3) is 0 Å². The molecule has 6 nitrogen and oxygen atoms in total. The van der Waals surface area contributed by atoms with E-state index in [1.54, 1.807) is 20.9 Å². The van der Waals surface area contributed by atoms with Crippen LogP contribution < -0.4 is 0 Å². The number of esters is 1. The van der Waals surface area contributed by atoms with Gasteiger partial charge in [0.05, 0.1) is 18.2 Å². The second-order valence-corrected chi connectivity index (χ2v) is 8.32. The highest BCUT2D eigenvalue weighted by Crippen LogP contribution is 2.35. The molecule has 0 bridgehead atoms. The summed E-state index contributed by atoms with van der Waals surface area (Å²) >= 11 is 6.55. The molecule has 0 N–H and O–H groups in total. The highest BCUT2D eigenvalue weighted by atomic mass is 35.5. The Bertz CT molecular complexity index is 631. The van der Waals surface area contributed by atoms with Crippen molar-refractivity contribution in [2.24, 2.45) is 5.92 Å². The van der Waals surface area contributed by atoms with Crippen molar-refractivity contribution in [1.29, 1.82) is 0 Å². The standard InChI is InChI=1S/C20H32ClNO5/c1-9-25-18(23)13(4)17-15(16(21)12(2)3)10-14(11-26-17)22(8)19(24)27-20(5,6)7/h12,14H,9-11H2,1-8H3/b16-15+,17-13-. The molecule has 1 aliphatic heterocycles. The number of nitrogens with zero attached hydrogens (tertiary/aromatic N) is 1. The zero-order chi connectivity index (χ0) is 20.9. The molecule has 0 aliphatic carbocycles. The molecule has 0 aromatic heterocycles. The molecule has 1 rings (SSSR count). The topological polar surface area (TPSA) is 65.1 Å². The largest absolute Gasteiger partial charge is 0.491 e. The van der Waals surface area contributed by atoms with E-state index in [2.05, 4.69) is 0 Å². The minimum absolute atomic E-state index is 0.0563. The molecule has 7 heteroatoms. The van der Waals surface area contributed by atoms with E-state index in [4.69, 9.17) is 25.8 Å². The Kier molecular flexibility index (Phi) is 8.21. The molecule has 1 unspecified atom stereocenters. The lowest BCUT2D eigenvalue weighted by Gasteiger charge is -2.36. The summed E-state index contributed by atoms with van der Waals surface area (Å²) < 4.78 is 16.4. The number of carbonyl (C=O) groups excluding carboxylic acids is 2. The smallest absolute Gasteiger partial charge is 0.410 e. The van der Waals surface area contributed by atoms with Gasteiger partial charge in [0.25, 0.3) is 0 Å². The summed E-state index contributed by atoms with van der Waals surface area (Å²) in [5.74, 6) is 0.0685. The van der Waals surface area contributed by atoms with Gasteiger partial charge < -0.3 is 19.1 Å². The molecule has 0 spiro atoms. The molecule has 0 radical (unpaired) electrons. The van der Waals surface area contributed by atoms with Crippen LogP contribution in [0.3, 0.4) is 0 Å². The predicted octanol–water partition coefficient (Wildman–Crippen LogP) is 4.63. The number of amides is 1. The molecule has 0 aromatic carbocycles. The third-order valence-electron chi connectivity index (χ3n) is 4.08. The van der Waals surface area contributed by atoms with Gasteiger partial charge in [-0.1, -0.05) is 25.4 Å². The fourth-order valence-electron chi connectivity index (χ4n) is 2.61. The lowest BCUT2D eigenvalue weighted by molar-refractivity contribution is -0.138. The fraction of sp³-hybridized carbons (Fsp3) is 0.700. The predicted molar refractivity (Wildman–Crippen MR) is 105 cm³/mol. The average Bonchev–Trinajstić information content (AvgIpc) is 2.57. The first-order valence-electron chi connectivity index (χ1n) is 9.24. The first-order chi connectivity index (χ1) is 12.4. The molecule has 27 heavy (non-hydrogen) atoms. The van der Waals surface area contributed by atoms with Crippen molar-refractivity contribution in [1.82, 2.24) is 4.90 Å². The average molecular weight is 402 g/mol. The minimum atomic E-state index is -0.583. The number of carbonyl (C=O) groups is 2. The Morgan fingerprint density at radius 1 is 1.33 bits per heavy atom. The van der Waals surface area contributed by atoms with E-state index in [0.717, 1.165) is 5.57 Å². The number of ether oxygens (including phenoxy) is 3. The Morgan fingerprint density at radius 2 is 1.93 bits per heavy atom. The molecule has 154 valence electrons. The van der Waals surface area contributed by atoms with Gasteiger partial charge in [0, 0.05) is 24.1 Å². The van der Waals surface area contributed by atoms with E-state index in [9.17, 15) is 9.59 Å². The lowest BCUT2D eigenvalue weighted by atomic mass is 9.95. The molecule has 0 saturated carbocycles. The van der Waals surface area contributed by atoms with Crippen molar-refractivity contribution < 1.29 is 23.8 Å². The zero-order valence-corrected chi connectivity index (χ0v) is 18.4. The third-order valence-corrected chi connectivity index (χ3v) is 4.75. The molecular formula is C20H32ClNO5. The number of hydrogen-bond donors (Lipinski definition) is 0. The monoisotopic (exact) mass is 401 g/mol. The molecule has 1 heterocycles. The van der Waals surface area contributed by atoms with Crippen LogP contribution in [0.2, 0.25) is 0 Å². The number of allylic oxidation sites excluding steroid dienone is 2. The lowest BCUT2D eigenvalue weighted by Crippen LogP contribution is -2.45. The number of likely N-dealkylation sites (N-methyl/N-ethyl adjacent to an activating group) is 1. The first-order valence-corrected chi connectivity index (χ1v) is 9.62. The van der Waals surface area contributed by atoms with Crippen LogP contribution in [0.1, 0.15) is 54.9 Å². The van der Waals surface area contributed by atoms with E-state index >= 15 is 0 Å². The molecule has 1 amide bonds. The maximum Gasteiger partial charge on any atom is 0.410 e. The molecule has 1 aliphatic rings. The molecule has 1 fully saturated rings. The van der Waals surface area contributed by atoms with Crippen molar-refractivity contribution in [2.75, 3.05) is 20.3 Å². The van der Waals surface area contributed by atoms with Crippen LogP contribution in [0.15, 0.2) is 21.9 Å². The van der Waals surface area contributed by atoms with Gasteiger partial charge in [-0.25, -0.2) is 9.59 Å². The third kappa shape index (κ3) is 6.45. The molecular weight excluding hydrogens is 370 g/mol. The first kappa shape index (κ1) is 23.3. The number of halogens is 1. The summed E-state index contributed by atoms with van der Waals surface area (Å²) in [5, 5.41) is 0.607. The summed E-state index contributed by atoms with van der Waals surface area (Å²) in [5.41, 5.74) is 0.522. The van der Waals surface area contributed by atoms with Crippen LogP contribution in [0, 0.1) is 5.92 Å². The quantitative estimate of drug-likeness (QED) is 0.507.